The van der Waals surface area contributed by atoms with Gasteiger partial charge in [0.2, 0.25) is 5.91 Å². The van der Waals surface area contributed by atoms with E-state index in [0.717, 1.165) is 16.4 Å². The van der Waals surface area contributed by atoms with Crippen molar-refractivity contribution in [3.05, 3.63) is 35.9 Å². The third kappa shape index (κ3) is 3.52. The maximum absolute atomic E-state index is 12.8. The van der Waals surface area contributed by atoms with Crippen LogP contribution in [0, 0.1) is 17.8 Å². The third-order valence-electron chi connectivity index (χ3n) is 6.91. The van der Waals surface area contributed by atoms with Crippen LogP contribution in [0.15, 0.2) is 30.3 Å². The Morgan fingerprint density at radius 1 is 1.18 bits per heavy atom. The van der Waals surface area contributed by atoms with E-state index in [-0.39, 0.29) is 17.9 Å². The Labute approximate surface area is 166 Å². The molecule has 6 unspecified atom stereocenters. The van der Waals surface area contributed by atoms with E-state index in [0.29, 0.717) is 18.3 Å². The minimum Gasteiger partial charge on any atom is -0.352 e. The predicted octanol–water partition coefficient (Wildman–Crippen LogP) is 2.48. The molecule has 2 saturated carbocycles. The topological polar surface area (TPSA) is 78.5 Å². The summed E-state index contributed by atoms with van der Waals surface area (Å²) in [5, 5.41) is 5.80. The number of carbonyl (C=O) groups is 3. The van der Waals surface area contributed by atoms with E-state index >= 15 is 0 Å². The molecule has 6 heteroatoms. The molecule has 4 rings (SSSR count). The molecule has 0 radical (unpaired) electrons. The second kappa shape index (κ2) is 7.57. The lowest BCUT2D eigenvalue weighted by Crippen LogP contribution is -2.52. The van der Waals surface area contributed by atoms with Crippen LogP contribution >= 0.6 is 0 Å². The highest BCUT2D eigenvalue weighted by Crippen LogP contribution is 2.49. The second-order valence-electron chi connectivity index (χ2n) is 8.71. The molecule has 0 spiro atoms. The van der Waals surface area contributed by atoms with Crippen LogP contribution in [0.5, 0.6) is 0 Å². The molecular formula is C22H29N3O3. The Kier molecular flexibility index (Phi) is 5.13. The molecule has 1 aliphatic heterocycles. The number of carbonyl (C=O) groups excluding carboxylic acids is 3. The van der Waals surface area contributed by atoms with Gasteiger partial charge in [0.15, 0.2) is 0 Å². The van der Waals surface area contributed by atoms with Gasteiger partial charge in [-0.3, -0.25) is 14.5 Å². The highest BCUT2D eigenvalue weighted by molar-refractivity contribution is 6.07. The second-order valence-corrected chi connectivity index (χ2v) is 8.71. The maximum atomic E-state index is 12.8. The Morgan fingerprint density at radius 2 is 1.93 bits per heavy atom. The van der Waals surface area contributed by atoms with Gasteiger partial charge in [-0.25, -0.2) is 4.79 Å². The summed E-state index contributed by atoms with van der Waals surface area (Å²) in [4.78, 5) is 39.0. The first-order valence-electron chi connectivity index (χ1n) is 10.4. The molecule has 1 aromatic rings. The number of urea groups is 1. The van der Waals surface area contributed by atoms with Crippen molar-refractivity contribution in [2.75, 3.05) is 0 Å². The van der Waals surface area contributed by atoms with Gasteiger partial charge in [0.05, 0.1) is 0 Å². The highest BCUT2D eigenvalue weighted by atomic mass is 16.2. The zero-order valence-electron chi connectivity index (χ0n) is 16.6. The molecule has 3 aliphatic rings. The minimum atomic E-state index is -0.811. The largest absolute Gasteiger partial charge is 0.352 e. The monoisotopic (exact) mass is 383 g/mol. The number of hydrogen-bond donors (Lipinski definition) is 2. The summed E-state index contributed by atoms with van der Waals surface area (Å²) in [5.41, 5.74) is 0.977. The number of fused-ring (bicyclic) bond motifs is 2. The Balaban J connectivity index is 1.36. The number of nitrogens with zero attached hydrogens (tertiary/aromatic N) is 1. The molecule has 2 aliphatic carbocycles. The molecule has 28 heavy (non-hydrogen) atoms. The van der Waals surface area contributed by atoms with Crippen molar-refractivity contribution in [3.63, 3.8) is 0 Å². The van der Waals surface area contributed by atoms with Gasteiger partial charge in [-0.1, -0.05) is 36.8 Å². The molecule has 150 valence electrons. The number of amides is 4. The van der Waals surface area contributed by atoms with Gasteiger partial charge in [0.25, 0.3) is 5.91 Å². The number of hydrogen-bond acceptors (Lipinski definition) is 3. The van der Waals surface area contributed by atoms with Crippen LogP contribution in [0.3, 0.4) is 0 Å². The molecule has 0 aromatic heterocycles. The lowest BCUT2D eigenvalue weighted by atomic mass is 9.84. The molecule has 6 nitrogen and oxygen atoms in total. The first-order valence-corrected chi connectivity index (χ1v) is 10.4. The maximum Gasteiger partial charge on any atom is 0.325 e. The van der Waals surface area contributed by atoms with Gasteiger partial charge in [0.1, 0.15) is 12.1 Å². The zero-order chi connectivity index (χ0) is 19.8. The van der Waals surface area contributed by atoms with Crippen molar-refractivity contribution in [2.45, 2.75) is 64.1 Å². The van der Waals surface area contributed by atoms with Crippen LogP contribution in [-0.4, -0.2) is 40.9 Å². The smallest absolute Gasteiger partial charge is 0.325 e. The van der Waals surface area contributed by atoms with Crippen molar-refractivity contribution >= 4 is 17.8 Å². The van der Waals surface area contributed by atoms with E-state index in [1.165, 1.54) is 25.7 Å². The van der Waals surface area contributed by atoms with Crippen molar-refractivity contribution in [3.8, 4) is 0 Å². The fourth-order valence-electron chi connectivity index (χ4n) is 5.38. The fraction of sp³-hybridized carbons (Fsp3) is 0.591. The molecule has 6 atom stereocenters. The minimum absolute atomic E-state index is 0.0751. The van der Waals surface area contributed by atoms with E-state index in [1.807, 2.05) is 30.3 Å². The predicted molar refractivity (Wildman–Crippen MR) is 105 cm³/mol. The van der Waals surface area contributed by atoms with Crippen LogP contribution in [0.1, 0.15) is 45.1 Å². The quantitative estimate of drug-likeness (QED) is 0.741. The van der Waals surface area contributed by atoms with Crippen molar-refractivity contribution in [1.82, 2.24) is 15.5 Å². The van der Waals surface area contributed by atoms with Crippen molar-refractivity contribution in [2.24, 2.45) is 17.8 Å². The molecular weight excluding hydrogens is 354 g/mol. The van der Waals surface area contributed by atoms with Gasteiger partial charge in [-0.2, -0.15) is 0 Å². The normalized spacial score (nSPS) is 31.0. The van der Waals surface area contributed by atoms with Crippen LogP contribution in [0.4, 0.5) is 4.79 Å². The molecule has 1 saturated heterocycles. The summed E-state index contributed by atoms with van der Waals surface area (Å²) in [6, 6.07) is 7.73. The first-order chi connectivity index (χ1) is 13.4. The summed E-state index contributed by atoms with van der Waals surface area (Å²) in [7, 11) is 0. The number of imide groups is 1. The molecule has 3 fully saturated rings. The zero-order valence-corrected chi connectivity index (χ0v) is 16.6. The molecule has 1 aromatic carbocycles. The summed E-state index contributed by atoms with van der Waals surface area (Å²) >= 11 is 0. The Hall–Kier alpha value is -2.37. The first kappa shape index (κ1) is 19.0. The number of nitrogens with one attached hydrogen (secondary N) is 2. The van der Waals surface area contributed by atoms with Gasteiger partial charge in [0, 0.05) is 12.5 Å². The third-order valence-corrected chi connectivity index (χ3v) is 6.91. The lowest BCUT2D eigenvalue weighted by molar-refractivity contribution is -0.135. The van der Waals surface area contributed by atoms with E-state index in [9.17, 15) is 14.4 Å². The lowest BCUT2D eigenvalue weighted by Gasteiger charge is -2.30. The SMILES string of the molecule is CC(NC(=O)C(C)N1C(=O)NC(Cc2ccccc2)C1=O)C1CC2CCC1C2. The summed E-state index contributed by atoms with van der Waals surface area (Å²) in [6.07, 6.45) is 5.48. The summed E-state index contributed by atoms with van der Waals surface area (Å²) in [5.74, 6) is 1.46. The molecule has 1 heterocycles. The Morgan fingerprint density at radius 3 is 2.57 bits per heavy atom. The number of rotatable bonds is 6. The van der Waals surface area contributed by atoms with Crippen LogP contribution in [-0.2, 0) is 16.0 Å². The number of benzene rings is 1. The highest BCUT2D eigenvalue weighted by Gasteiger charge is 2.45. The van der Waals surface area contributed by atoms with Crippen LogP contribution < -0.4 is 10.6 Å². The van der Waals surface area contributed by atoms with Crippen molar-refractivity contribution < 1.29 is 14.4 Å². The fourth-order valence-corrected chi connectivity index (χ4v) is 5.38. The van der Waals surface area contributed by atoms with Gasteiger partial charge in [-0.05, 0) is 56.4 Å². The van der Waals surface area contributed by atoms with Gasteiger partial charge in [-0.15, -0.1) is 0 Å². The van der Waals surface area contributed by atoms with E-state index < -0.39 is 18.1 Å². The van der Waals surface area contributed by atoms with E-state index in [4.69, 9.17) is 0 Å². The standard InChI is InChI=1S/C22H29N3O3/c1-13(18-11-16-8-9-17(18)10-16)23-20(26)14(2)25-21(27)19(24-22(25)28)12-15-6-4-3-5-7-15/h3-7,13-14,16-19H,8-12H2,1-2H3,(H,23,26)(H,24,28). The van der Waals surface area contributed by atoms with Gasteiger partial charge >= 0.3 is 6.03 Å². The average Bonchev–Trinajstić information content (AvgIpc) is 3.37. The van der Waals surface area contributed by atoms with Gasteiger partial charge < -0.3 is 10.6 Å². The van der Waals surface area contributed by atoms with Crippen molar-refractivity contribution in [1.29, 1.82) is 0 Å². The summed E-state index contributed by atoms with van der Waals surface area (Å²) in [6.45, 7) is 3.69. The molecule has 2 bridgehead atoms. The van der Waals surface area contributed by atoms with Crippen LogP contribution in [0.2, 0.25) is 0 Å². The van der Waals surface area contributed by atoms with E-state index in [1.54, 1.807) is 6.92 Å². The average molecular weight is 383 g/mol. The van der Waals surface area contributed by atoms with Crippen LogP contribution in [0.25, 0.3) is 0 Å². The Bertz CT molecular complexity index is 766. The molecule has 4 amide bonds. The van der Waals surface area contributed by atoms with E-state index in [2.05, 4.69) is 17.6 Å². The molecule has 2 N–H and O–H groups in total. The summed E-state index contributed by atoms with van der Waals surface area (Å²) < 4.78 is 0.